The number of carbonyl (C=O) groups is 2. The summed E-state index contributed by atoms with van der Waals surface area (Å²) in [6.45, 7) is 1.84. The van der Waals surface area contributed by atoms with E-state index in [9.17, 15) is 9.59 Å². The van der Waals surface area contributed by atoms with Gasteiger partial charge in [-0.05, 0) is 61.7 Å². The number of halogens is 3. The maximum absolute atomic E-state index is 12.6. The predicted molar refractivity (Wildman–Crippen MR) is 102 cm³/mol. The molecule has 2 aromatic rings. The lowest BCUT2D eigenvalue weighted by molar-refractivity contribution is -0.131. The van der Waals surface area contributed by atoms with Gasteiger partial charge in [0.25, 0.3) is 0 Å². The second kappa shape index (κ2) is 6.87. The summed E-state index contributed by atoms with van der Waals surface area (Å²) < 4.78 is 0. The third kappa shape index (κ3) is 3.76. The van der Waals surface area contributed by atoms with E-state index in [2.05, 4.69) is 10.6 Å². The number of hydrogen-bond acceptors (Lipinski definition) is 2. The Morgan fingerprint density at radius 2 is 1.60 bits per heavy atom. The van der Waals surface area contributed by atoms with Crippen molar-refractivity contribution in [3.63, 3.8) is 0 Å². The number of aryl methyl sites for hydroxylation is 1. The van der Waals surface area contributed by atoms with Crippen LogP contribution >= 0.6 is 34.8 Å². The van der Waals surface area contributed by atoms with Crippen molar-refractivity contribution >= 4 is 58.0 Å². The number of benzene rings is 2. The Morgan fingerprint density at radius 3 is 2.20 bits per heavy atom. The van der Waals surface area contributed by atoms with Crippen molar-refractivity contribution in [2.24, 2.45) is 5.41 Å². The first kappa shape index (κ1) is 18.1. The van der Waals surface area contributed by atoms with Gasteiger partial charge in [0, 0.05) is 16.4 Å². The zero-order valence-electron chi connectivity index (χ0n) is 13.3. The standard InChI is InChI=1S/C18H15Cl3N2O2/c1-10-8-11(19)2-5-15(10)23-17(25)18(6-7-18)16(24)22-12-3-4-13(20)14(21)9-12/h2-5,8-9H,6-7H2,1H3,(H,22,24)(H,23,25). The lowest BCUT2D eigenvalue weighted by atomic mass is 10.0. The van der Waals surface area contributed by atoms with Gasteiger partial charge in [0.1, 0.15) is 5.41 Å². The van der Waals surface area contributed by atoms with Crippen LogP contribution in [-0.4, -0.2) is 11.8 Å². The van der Waals surface area contributed by atoms with Crippen LogP contribution in [0.25, 0.3) is 0 Å². The average molecular weight is 398 g/mol. The molecule has 1 aliphatic carbocycles. The molecule has 0 unspecified atom stereocenters. The summed E-state index contributed by atoms with van der Waals surface area (Å²) in [5, 5.41) is 6.89. The van der Waals surface area contributed by atoms with Crippen LogP contribution < -0.4 is 10.6 Å². The van der Waals surface area contributed by atoms with E-state index in [1.54, 1.807) is 36.4 Å². The summed E-state index contributed by atoms with van der Waals surface area (Å²) in [5.74, 6) is -0.675. The lowest BCUT2D eigenvalue weighted by Crippen LogP contribution is -2.35. The van der Waals surface area contributed by atoms with E-state index in [-0.39, 0.29) is 11.8 Å². The minimum absolute atomic E-state index is 0.324. The van der Waals surface area contributed by atoms with Crippen LogP contribution in [0.4, 0.5) is 11.4 Å². The Bertz CT molecular complexity index is 863. The van der Waals surface area contributed by atoms with Crippen LogP contribution in [0.15, 0.2) is 36.4 Å². The van der Waals surface area contributed by atoms with Crippen molar-refractivity contribution in [1.29, 1.82) is 0 Å². The molecule has 7 heteroatoms. The van der Waals surface area contributed by atoms with Gasteiger partial charge in [0.15, 0.2) is 0 Å². The second-order valence-electron chi connectivity index (χ2n) is 6.08. The maximum atomic E-state index is 12.6. The van der Waals surface area contributed by atoms with Crippen LogP contribution in [0.5, 0.6) is 0 Å². The number of nitrogens with one attached hydrogen (secondary N) is 2. The zero-order valence-corrected chi connectivity index (χ0v) is 15.6. The van der Waals surface area contributed by atoms with Gasteiger partial charge in [-0.3, -0.25) is 9.59 Å². The fourth-order valence-electron chi connectivity index (χ4n) is 2.52. The van der Waals surface area contributed by atoms with Gasteiger partial charge in [-0.2, -0.15) is 0 Å². The molecular formula is C18H15Cl3N2O2. The molecule has 0 heterocycles. The van der Waals surface area contributed by atoms with E-state index >= 15 is 0 Å². The van der Waals surface area contributed by atoms with Crippen LogP contribution in [0, 0.1) is 12.3 Å². The molecule has 1 aliphatic rings. The molecule has 0 atom stereocenters. The molecule has 4 nitrogen and oxygen atoms in total. The normalized spacial score (nSPS) is 14.7. The molecule has 0 bridgehead atoms. The number of rotatable bonds is 4. The van der Waals surface area contributed by atoms with Gasteiger partial charge in [-0.25, -0.2) is 0 Å². The molecule has 1 saturated carbocycles. The summed E-state index contributed by atoms with van der Waals surface area (Å²) in [7, 11) is 0. The van der Waals surface area contributed by atoms with Gasteiger partial charge in [-0.15, -0.1) is 0 Å². The first-order valence-corrected chi connectivity index (χ1v) is 8.79. The van der Waals surface area contributed by atoms with Crippen molar-refractivity contribution in [1.82, 2.24) is 0 Å². The molecule has 25 heavy (non-hydrogen) atoms. The molecule has 2 N–H and O–H groups in total. The zero-order chi connectivity index (χ0) is 18.2. The Morgan fingerprint density at radius 1 is 0.920 bits per heavy atom. The molecule has 130 valence electrons. The highest BCUT2D eigenvalue weighted by atomic mass is 35.5. The highest BCUT2D eigenvalue weighted by molar-refractivity contribution is 6.42. The van der Waals surface area contributed by atoms with E-state index in [1.165, 1.54) is 0 Å². The molecule has 0 radical (unpaired) electrons. The second-order valence-corrected chi connectivity index (χ2v) is 7.33. The monoisotopic (exact) mass is 396 g/mol. The summed E-state index contributed by atoms with van der Waals surface area (Å²) in [6, 6.07) is 9.97. The van der Waals surface area contributed by atoms with E-state index in [0.717, 1.165) is 5.56 Å². The number of anilines is 2. The van der Waals surface area contributed by atoms with Gasteiger partial charge in [0.05, 0.1) is 10.0 Å². The van der Waals surface area contributed by atoms with Crippen LogP contribution in [0.2, 0.25) is 15.1 Å². The van der Waals surface area contributed by atoms with E-state index in [1.807, 2.05) is 6.92 Å². The van der Waals surface area contributed by atoms with Crippen LogP contribution in [0.1, 0.15) is 18.4 Å². The third-order valence-corrected chi connectivity index (χ3v) is 5.21. The predicted octanol–water partition coefficient (Wildman–Crippen LogP) is 5.31. The molecule has 1 fully saturated rings. The van der Waals surface area contributed by atoms with Gasteiger partial charge < -0.3 is 10.6 Å². The van der Waals surface area contributed by atoms with Crippen molar-refractivity contribution in [3.8, 4) is 0 Å². The summed E-state index contributed by atoms with van der Waals surface area (Å²) >= 11 is 17.7. The minimum atomic E-state index is -1.06. The maximum Gasteiger partial charge on any atom is 0.240 e. The van der Waals surface area contributed by atoms with Crippen molar-refractivity contribution in [2.75, 3.05) is 10.6 Å². The van der Waals surface area contributed by atoms with Gasteiger partial charge in [-0.1, -0.05) is 34.8 Å². The lowest BCUT2D eigenvalue weighted by Gasteiger charge is -2.17. The van der Waals surface area contributed by atoms with Crippen molar-refractivity contribution < 1.29 is 9.59 Å². The Labute approximate surface area is 160 Å². The molecule has 2 amide bonds. The average Bonchev–Trinajstić information content (AvgIpc) is 3.35. The number of hydrogen-bond donors (Lipinski definition) is 2. The van der Waals surface area contributed by atoms with Crippen LogP contribution in [0.3, 0.4) is 0 Å². The summed E-state index contributed by atoms with van der Waals surface area (Å²) in [4.78, 5) is 25.2. The number of amides is 2. The molecule has 0 aromatic heterocycles. The fourth-order valence-corrected chi connectivity index (χ4v) is 3.04. The van der Waals surface area contributed by atoms with E-state index < -0.39 is 5.41 Å². The van der Waals surface area contributed by atoms with Crippen molar-refractivity contribution in [3.05, 3.63) is 57.0 Å². The topological polar surface area (TPSA) is 58.2 Å². The highest BCUT2D eigenvalue weighted by Crippen LogP contribution is 2.47. The van der Waals surface area contributed by atoms with E-state index in [0.29, 0.717) is 39.3 Å². The van der Waals surface area contributed by atoms with Crippen molar-refractivity contribution in [2.45, 2.75) is 19.8 Å². The molecule has 3 rings (SSSR count). The van der Waals surface area contributed by atoms with Gasteiger partial charge in [0.2, 0.25) is 11.8 Å². The first-order valence-electron chi connectivity index (χ1n) is 7.66. The Hall–Kier alpha value is -1.75. The highest BCUT2D eigenvalue weighted by Gasteiger charge is 2.56. The third-order valence-electron chi connectivity index (χ3n) is 4.23. The quantitative estimate of drug-likeness (QED) is 0.687. The fraction of sp³-hybridized carbons (Fsp3) is 0.222. The van der Waals surface area contributed by atoms with Gasteiger partial charge >= 0.3 is 0 Å². The smallest absolute Gasteiger partial charge is 0.240 e. The molecular weight excluding hydrogens is 383 g/mol. The van der Waals surface area contributed by atoms with Crippen LogP contribution in [-0.2, 0) is 9.59 Å². The largest absolute Gasteiger partial charge is 0.325 e. The molecule has 0 saturated heterocycles. The molecule has 0 spiro atoms. The minimum Gasteiger partial charge on any atom is -0.325 e. The first-order chi connectivity index (χ1) is 11.8. The van der Waals surface area contributed by atoms with E-state index in [4.69, 9.17) is 34.8 Å². The Balaban J connectivity index is 1.73. The summed E-state index contributed by atoms with van der Waals surface area (Å²) in [6.07, 6.45) is 0.997. The molecule has 2 aromatic carbocycles. The Kier molecular flexibility index (Phi) is 4.96. The SMILES string of the molecule is Cc1cc(Cl)ccc1NC(=O)C1(C(=O)Nc2ccc(Cl)c(Cl)c2)CC1. The molecule has 0 aliphatic heterocycles. The summed E-state index contributed by atoms with van der Waals surface area (Å²) in [5.41, 5.74) is 0.920. The number of carbonyl (C=O) groups excluding carboxylic acids is 2.